The molecule has 2 aromatic rings. The van der Waals surface area contributed by atoms with Crippen molar-refractivity contribution in [2.75, 3.05) is 26.0 Å². The van der Waals surface area contributed by atoms with Gasteiger partial charge in [0.1, 0.15) is 11.4 Å². The summed E-state index contributed by atoms with van der Waals surface area (Å²) in [5.74, 6) is 1.64. The van der Waals surface area contributed by atoms with E-state index in [4.69, 9.17) is 9.47 Å². The summed E-state index contributed by atoms with van der Waals surface area (Å²) in [6.45, 7) is 9.89. The number of benzene rings is 1. The Morgan fingerprint density at radius 3 is 2.38 bits per heavy atom. The highest BCUT2D eigenvalue weighted by Crippen LogP contribution is 2.63. The summed E-state index contributed by atoms with van der Waals surface area (Å²) in [7, 11) is -3.26. The van der Waals surface area contributed by atoms with Crippen molar-refractivity contribution < 1.29 is 22.7 Å². The van der Waals surface area contributed by atoms with E-state index in [1.807, 2.05) is 49.9 Å². The zero-order valence-corrected chi connectivity index (χ0v) is 20.0. The van der Waals surface area contributed by atoms with E-state index in [0.29, 0.717) is 37.2 Å². The van der Waals surface area contributed by atoms with E-state index in [1.54, 1.807) is 12.1 Å². The number of fused-ring (bicyclic) bond motifs is 1. The average molecular weight is 459 g/mol. The quantitative estimate of drug-likeness (QED) is 0.672. The van der Waals surface area contributed by atoms with Crippen molar-refractivity contribution in [1.29, 1.82) is 0 Å². The number of nitrogens with zero attached hydrogens (tertiary/aromatic N) is 2. The second-order valence-corrected chi connectivity index (χ2v) is 12.1. The minimum atomic E-state index is -3.26. The summed E-state index contributed by atoms with van der Waals surface area (Å²) in [5, 5.41) is 0. The summed E-state index contributed by atoms with van der Waals surface area (Å²) in [6.07, 6.45) is 2.31. The van der Waals surface area contributed by atoms with Gasteiger partial charge >= 0.3 is 6.09 Å². The molecule has 4 rings (SSSR count). The third kappa shape index (κ3) is 4.60. The van der Waals surface area contributed by atoms with Crippen LogP contribution in [-0.2, 0) is 14.6 Å². The maximum absolute atomic E-state index is 12.3. The summed E-state index contributed by atoms with van der Waals surface area (Å²) in [6, 6.07) is 10.9. The largest absolute Gasteiger partial charge is 0.493 e. The van der Waals surface area contributed by atoms with Crippen molar-refractivity contribution in [2.45, 2.75) is 38.2 Å². The summed E-state index contributed by atoms with van der Waals surface area (Å²) < 4.78 is 34.7. The molecule has 3 atom stereocenters. The van der Waals surface area contributed by atoms with Gasteiger partial charge in [-0.2, -0.15) is 0 Å². The number of ether oxygens (including phenoxy) is 2. The van der Waals surface area contributed by atoms with E-state index in [2.05, 4.69) is 11.9 Å². The van der Waals surface area contributed by atoms with Gasteiger partial charge in [0.2, 0.25) is 0 Å². The van der Waals surface area contributed by atoms with Crippen molar-refractivity contribution in [3.05, 3.63) is 42.6 Å². The Hall–Kier alpha value is -2.61. The number of aromatic nitrogens is 1. The number of carbonyl (C=O) groups excluding carboxylic acids is 1. The molecule has 1 aliphatic carbocycles. The number of hydrogen-bond donors (Lipinski definition) is 0. The molecule has 1 aliphatic heterocycles. The molecule has 2 aliphatic rings. The van der Waals surface area contributed by atoms with E-state index < -0.39 is 15.4 Å². The Bertz CT molecular complexity index is 1110. The molecular weight excluding hydrogens is 428 g/mol. The molecule has 1 aromatic heterocycles. The lowest BCUT2D eigenvalue weighted by Gasteiger charge is -2.27. The monoisotopic (exact) mass is 458 g/mol. The minimum Gasteiger partial charge on any atom is -0.493 e. The van der Waals surface area contributed by atoms with Gasteiger partial charge in [0, 0.05) is 37.0 Å². The van der Waals surface area contributed by atoms with Crippen LogP contribution in [0.3, 0.4) is 0 Å². The zero-order valence-electron chi connectivity index (χ0n) is 19.2. The molecule has 0 radical (unpaired) electrons. The smallest absolute Gasteiger partial charge is 0.410 e. The van der Waals surface area contributed by atoms with Crippen LogP contribution in [0, 0.1) is 17.3 Å². The van der Waals surface area contributed by atoms with Crippen LogP contribution in [0.2, 0.25) is 0 Å². The van der Waals surface area contributed by atoms with E-state index in [9.17, 15) is 13.2 Å². The lowest BCUT2D eigenvalue weighted by Crippen LogP contribution is -2.38. The predicted molar refractivity (Wildman–Crippen MR) is 121 cm³/mol. The van der Waals surface area contributed by atoms with Crippen LogP contribution in [0.5, 0.6) is 5.75 Å². The first-order chi connectivity index (χ1) is 14.9. The second kappa shape index (κ2) is 7.76. The van der Waals surface area contributed by atoms with Crippen molar-refractivity contribution in [2.24, 2.45) is 17.3 Å². The first-order valence-electron chi connectivity index (χ1n) is 10.7. The highest BCUT2D eigenvalue weighted by Gasteiger charge is 2.67. The highest BCUT2D eigenvalue weighted by atomic mass is 32.2. The molecular formula is C24H30N2O5S. The fourth-order valence-corrected chi connectivity index (χ4v) is 5.06. The first-order valence-corrected chi connectivity index (χ1v) is 12.6. The lowest BCUT2D eigenvalue weighted by atomic mass is 10.1. The van der Waals surface area contributed by atoms with Crippen LogP contribution < -0.4 is 4.74 Å². The molecule has 1 aromatic carbocycles. The normalized spacial score (nSPS) is 24.7. The molecule has 1 unspecified atom stereocenters. The number of hydrogen-bond acceptors (Lipinski definition) is 6. The fourth-order valence-electron chi connectivity index (χ4n) is 4.50. The Kier molecular flexibility index (Phi) is 5.48. The Labute approximate surface area is 189 Å². The number of piperidine rings is 1. The van der Waals surface area contributed by atoms with Gasteiger partial charge in [-0.15, -0.1) is 0 Å². The van der Waals surface area contributed by atoms with Crippen LogP contribution >= 0.6 is 0 Å². The van der Waals surface area contributed by atoms with E-state index in [-0.39, 0.29) is 16.4 Å². The molecule has 0 N–H and O–H groups in total. The highest BCUT2D eigenvalue weighted by molar-refractivity contribution is 7.90. The van der Waals surface area contributed by atoms with E-state index in [1.165, 1.54) is 12.5 Å². The first kappa shape index (κ1) is 22.6. The van der Waals surface area contributed by atoms with Crippen LogP contribution in [0.4, 0.5) is 4.79 Å². The Balaban J connectivity index is 1.30. The maximum Gasteiger partial charge on any atom is 0.410 e. The Morgan fingerprint density at radius 2 is 1.88 bits per heavy atom. The average Bonchev–Trinajstić information content (AvgIpc) is 3.06. The van der Waals surface area contributed by atoms with Crippen molar-refractivity contribution in [1.82, 2.24) is 9.88 Å². The number of sulfone groups is 1. The second-order valence-electron chi connectivity index (χ2n) is 10.1. The van der Waals surface area contributed by atoms with Crippen LogP contribution in [0.25, 0.3) is 11.3 Å². The maximum atomic E-state index is 12.3. The van der Waals surface area contributed by atoms with Gasteiger partial charge in [0.05, 0.1) is 17.2 Å². The molecule has 1 saturated heterocycles. The van der Waals surface area contributed by atoms with Gasteiger partial charge in [-0.05, 0) is 68.5 Å². The molecule has 7 nitrogen and oxygen atoms in total. The zero-order chi connectivity index (χ0) is 23.3. The predicted octanol–water partition coefficient (Wildman–Crippen LogP) is 4.03. The molecule has 2 heterocycles. The molecule has 172 valence electrons. The third-order valence-electron chi connectivity index (χ3n) is 6.42. The molecule has 1 amide bonds. The Morgan fingerprint density at radius 1 is 1.19 bits per heavy atom. The van der Waals surface area contributed by atoms with Gasteiger partial charge in [-0.1, -0.05) is 6.92 Å². The van der Waals surface area contributed by atoms with Crippen LogP contribution in [0.15, 0.2) is 47.5 Å². The minimum absolute atomic E-state index is 0.0854. The van der Waals surface area contributed by atoms with E-state index >= 15 is 0 Å². The molecule has 0 bridgehead atoms. The lowest BCUT2D eigenvalue weighted by molar-refractivity contribution is 0.0246. The standard InChI is InChI=1S/C24H30N2O5S/c1-23(2,3)31-22(27)26-13-19-20(24(19,4)15-26)14-30-17-8-6-16(7-9-17)21-11-10-18(12-25-21)32(5,28)29/h6-12,19-20H,13-15H2,1-5H3/t19?,20-,24-/m0/s1. The molecule has 1 saturated carbocycles. The summed E-state index contributed by atoms with van der Waals surface area (Å²) in [4.78, 5) is 18.6. The number of likely N-dealkylation sites (tertiary alicyclic amines) is 1. The molecule has 32 heavy (non-hydrogen) atoms. The van der Waals surface area contributed by atoms with Crippen LogP contribution in [-0.4, -0.2) is 55.9 Å². The molecule has 2 fully saturated rings. The topological polar surface area (TPSA) is 85.8 Å². The van der Waals surface area contributed by atoms with Gasteiger partial charge < -0.3 is 14.4 Å². The molecule has 8 heteroatoms. The molecule has 0 spiro atoms. The number of amides is 1. The van der Waals surface area contributed by atoms with E-state index in [0.717, 1.165) is 11.3 Å². The van der Waals surface area contributed by atoms with Crippen molar-refractivity contribution in [3.63, 3.8) is 0 Å². The SMILES string of the molecule is CC(C)(C)OC(=O)N1CC2[C@H](COc3ccc(-c4ccc(S(C)(=O)=O)cn4)cc3)[C@@]2(C)C1. The van der Waals surface area contributed by atoms with Crippen LogP contribution in [0.1, 0.15) is 27.7 Å². The summed E-state index contributed by atoms with van der Waals surface area (Å²) >= 11 is 0. The number of pyridine rings is 1. The van der Waals surface area contributed by atoms with Gasteiger partial charge in [-0.3, -0.25) is 4.98 Å². The number of carbonyl (C=O) groups is 1. The summed E-state index contributed by atoms with van der Waals surface area (Å²) in [5.41, 5.74) is 1.20. The van der Waals surface area contributed by atoms with Gasteiger partial charge in [0.15, 0.2) is 9.84 Å². The fraction of sp³-hybridized carbons (Fsp3) is 0.500. The van der Waals surface area contributed by atoms with Crippen molar-refractivity contribution >= 4 is 15.9 Å². The number of rotatable bonds is 5. The van der Waals surface area contributed by atoms with Crippen molar-refractivity contribution in [3.8, 4) is 17.0 Å². The third-order valence-corrected chi connectivity index (χ3v) is 7.51. The van der Waals surface area contributed by atoms with Gasteiger partial charge in [0.25, 0.3) is 0 Å². The van der Waals surface area contributed by atoms with Gasteiger partial charge in [-0.25, -0.2) is 13.2 Å².